The largest absolute Gasteiger partial charge is 0.272 e. The SMILES string of the molecule is CCn1nccc1CN(CCc1ccccc1)S(=O)(=O)c1cnn(C)c1C. The van der Waals surface area contributed by atoms with Crippen LogP contribution in [0.2, 0.25) is 0 Å². The van der Waals surface area contributed by atoms with Gasteiger partial charge in [-0.3, -0.25) is 9.36 Å². The van der Waals surface area contributed by atoms with Gasteiger partial charge in [0.1, 0.15) is 4.90 Å². The van der Waals surface area contributed by atoms with E-state index in [0.29, 0.717) is 25.2 Å². The minimum atomic E-state index is -3.67. The minimum Gasteiger partial charge on any atom is -0.272 e. The summed E-state index contributed by atoms with van der Waals surface area (Å²) in [6, 6.07) is 11.8. The molecule has 0 aliphatic heterocycles. The van der Waals surface area contributed by atoms with Crippen molar-refractivity contribution in [2.75, 3.05) is 6.54 Å². The summed E-state index contributed by atoms with van der Waals surface area (Å²) in [6.07, 6.45) is 3.77. The summed E-state index contributed by atoms with van der Waals surface area (Å²) in [7, 11) is -1.93. The Balaban J connectivity index is 1.92. The summed E-state index contributed by atoms with van der Waals surface area (Å²) in [4.78, 5) is 0.251. The van der Waals surface area contributed by atoms with Crippen molar-refractivity contribution >= 4 is 10.0 Å². The monoisotopic (exact) mass is 387 g/mol. The van der Waals surface area contributed by atoms with E-state index in [0.717, 1.165) is 11.3 Å². The molecular weight excluding hydrogens is 362 g/mol. The highest BCUT2D eigenvalue weighted by Crippen LogP contribution is 2.21. The second-order valence-corrected chi connectivity index (χ2v) is 8.34. The fourth-order valence-electron chi connectivity index (χ4n) is 3.01. The lowest BCUT2D eigenvalue weighted by molar-refractivity contribution is 0.394. The van der Waals surface area contributed by atoms with Crippen LogP contribution in [0.1, 0.15) is 23.9 Å². The van der Waals surface area contributed by atoms with Crippen molar-refractivity contribution in [2.45, 2.75) is 38.3 Å². The molecule has 0 spiro atoms. The van der Waals surface area contributed by atoms with Crippen molar-refractivity contribution in [3.8, 4) is 0 Å². The van der Waals surface area contributed by atoms with Gasteiger partial charge in [-0.25, -0.2) is 8.42 Å². The molecule has 0 radical (unpaired) electrons. The molecule has 3 aromatic rings. The number of nitrogens with zero attached hydrogens (tertiary/aromatic N) is 5. The van der Waals surface area contributed by atoms with E-state index in [9.17, 15) is 8.42 Å². The molecule has 144 valence electrons. The van der Waals surface area contributed by atoms with E-state index in [1.165, 1.54) is 10.5 Å². The Morgan fingerprint density at radius 3 is 2.48 bits per heavy atom. The van der Waals surface area contributed by atoms with Crippen molar-refractivity contribution in [2.24, 2.45) is 7.05 Å². The van der Waals surface area contributed by atoms with E-state index < -0.39 is 10.0 Å². The van der Waals surface area contributed by atoms with E-state index in [1.54, 1.807) is 24.9 Å². The molecule has 0 atom stereocenters. The molecule has 7 nitrogen and oxygen atoms in total. The summed E-state index contributed by atoms with van der Waals surface area (Å²) in [5.41, 5.74) is 2.60. The van der Waals surface area contributed by atoms with Gasteiger partial charge in [0.25, 0.3) is 0 Å². The predicted octanol–water partition coefficient (Wildman–Crippen LogP) is 2.38. The zero-order valence-corrected chi connectivity index (χ0v) is 16.7. The Bertz CT molecular complexity index is 992. The summed E-state index contributed by atoms with van der Waals surface area (Å²) < 4.78 is 31.6. The quantitative estimate of drug-likeness (QED) is 0.595. The Labute approximate surface area is 160 Å². The van der Waals surface area contributed by atoms with Crippen molar-refractivity contribution in [1.82, 2.24) is 23.9 Å². The summed E-state index contributed by atoms with van der Waals surface area (Å²) in [6.45, 7) is 5.11. The Kier molecular flexibility index (Phi) is 5.76. The number of aromatic nitrogens is 4. The van der Waals surface area contributed by atoms with Crippen LogP contribution in [0.4, 0.5) is 0 Å². The molecule has 0 saturated carbocycles. The van der Waals surface area contributed by atoms with Crippen molar-refractivity contribution in [3.05, 3.63) is 65.7 Å². The van der Waals surface area contributed by atoms with Gasteiger partial charge < -0.3 is 0 Å². The summed E-state index contributed by atoms with van der Waals surface area (Å²) in [5.74, 6) is 0. The first-order valence-corrected chi connectivity index (χ1v) is 10.4. The molecule has 0 fully saturated rings. The van der Waals surface area contributed by atoms with Gasteiger partial charge >= 0.3 is 0 Å². The molecule has 2 aromatic heterocycles. The van der Waals surface area contributed by atoms with E-state index in [4.69, 9.17) is 0 Å². The van der Waals surface area contributed by atoms with Crippen LogP contribution in [0.25, 0.3) is 0 Å². The summed E-state index contributed by atoms with van der Waals surface area (Å²) in [5, 5.41) is 8.37. The zero-order chi connectivity index (χ0) is 19.4. The summed E-state index contributed by atoms with van der Waals surface area (Å²) >= 11 is 0. The second-order valence-electron chi connectivity index (χ2n) is 6.43. The molecule has 27 heavy (non-hydrogen) atoms. The van der Waals surface area contributed by atoms with Crippen molar-refractivity contribution in [3.63, 3.8) is 0 Å². The number of rotatable bonds is 8. The highest BCUT2D eigenvalue weighted by molar-refractivity contribution is 7.89. The van der Waals surface area contributed by atoms with Gasteiger partial charge in [-0.15, -0.1) is 0 Å². The first-order chi connectivity index (χ1) is 12.9. The third kappa shape index (κ3) is 4.12. The molecule has 2 heterocycles. The van der Waals surface area contributed by atoms with Crippen LogP contribution in [-0.2, 0) is 36.6 Å². The molecular formula is C19H25N5O2S. The van der Waals surface area contributed by atoms with Crippen LogP contribution in [0.3, 0.4) is 0 Å². The third-order valence-corrected chi connectivity index (χ3v) is 6.69. The molecule has 3 rings (SSSR count). The maximum atomic E-state index is 13.4. The van der Waals surface area contributed by atoms with Crippen LogP contribution in [0.5, 0.6) is 0 Å². The molecule has 0 unspecified atom stereocenters. The molecule has 0 saturated heterocycles. The van der Waals surface area contributed by atoms with E-state index in [-0.39, 0.29) is 11.4 Å². The lowest BCUT2D eigenvalue weighted by atomic mass is 10.1. The Morgan fingerprint density at radius 2 is 1.85 bits per heavy atom. The molecule has 0 amide bonds. The van der Waals surface area contributed by atoms with E-state index >= 15 is 0 Å². The standard InChI is InChI=1S/C19H25N5O2S/c1-4-24-18(10-12-20-24)15-23(13-11-17-8-6-5-7-9-17)27(25,26)19-14-21-22(3)16(19)2/h5-10,12,14H,4,11,13,15H2,1-3H3. The third-order valence-electron chi connectivity index (χ3n) is 4.74. The van der Waals surface area contributed by atoms with Gasteiger partial charge in [0.15, 0.2) is 0 Å². The molecule has 0 N–H and O–H groups in total. The number of hydrogen-bond acceptors (Lipinski definition) is 4. The molecule has 0 bridgehead atoms. The lowest BCUT2D eigenvalue weighted by Crippen LogP contribution is -2.33. The normalized spacial score (nSPS) is 12.0. The van der Waals surface area contributed by atoms with Gasteiger partial charge in [0.05, 0.1) is 24.1 Å². The Morgan fingerprint density at radius 1 is 1.11 bits per heavy atom. The highest BCUT2D eigenvalue weighted by Gasteiger charge is 2.29. The highest BCUT2D eigenvalue weighted by atomic mass is 32.2. The van der Waals surface area contributed by atoms with Crippen LogP contribution in [0, 0.1) is 6.92 Å². The maximum absolute atomic E-state index is 13.4. The van der Waals surface area contributed by atoms with Gasteiger partial charge in [0, 0.05) is 26.3 Å². The average Bonchev–Trinajstić information content (AvgIpc) is 3.26. The second kappa shape index (κ2) is 8.06. The molecule has 8 heteroatoms. The zero-order valence-electron chi connectivity index (χ0n) is 15.9. The van der Waals surface area contributed by atoms with Crippen LogP contribution in [0.15, 0.2) is 53.7 Å². The number of hydrogen-bond donors (Lipinski definition) is 0. The van der Waals surface area contributed by atoms with Gasteiger partial charge in [-0.1, -0.05) is 30.3 Å². The van der Waals surface area contributed by atoms with Crippen molar-refractivity contribution in [1.29, 1.82) is 0 Å². The lowest BCUT2D eigenvalue weighted by Gasteiger charge is -2.22. The van der Waals surface area contributed by atoms with Crippen molar-refractivity contribution < 1.29 is 8.42 Å². The smallest absolute Gasteiger partial charge is 0.246 e. The first-order valence-electron chi connectivity index (χ1n) is 8.97. The topological polar surface area (TPSA) is 73.0 Å². The van der Waals surface area contributed by atoms with E-state index in [1.807, 2.05) is 48.0 Å². The molecule has 0 aliphatic rings. The molecule has 0 aliphatic carbocycles. The van der Waals surface area contributed by atoms with E-state index in [2.05, 4.69) is 10.2 Å². The maximum Gasteiger partial charge on any atom is 0.246 e. The number of aryl methyl sites for hydroxylation is 2. The average molecular weight is 388 g/mol. The fraction of sp³-hybridized carbons (Fsp3) is 0.368. The Hall–Kier alpha value is -2.45. The van der Waals surface area contributed by atoms with Gasteiger partial charge in [0.2, 0.25) is 10.0 Å². The first kappa shape index (κ1) is 19.3. The predicted molar refractivity (Wildman–Crippen MR) is 104 cm³/mol. The molecule has 1 aromatic carbocycles. The van der Waals surface area contributed by atoms with Gasteiger partial charge in [-0.05, 0) is 31.9 Å². The number of sulfonamides is 1. The van der Waals surface area contributed by atoms with Crippen LogP contribution >= 0.6 is 0 Å². The minimum absolute atomic E-state index is 0.251. The van der Waals surface area contributed by atoms with Gasteiger partial charge in [-0.2, -0.15) is 14.5 Å². The fourth-order valence-corrected chi connectivity index (χ4v) is 4.61. The van der Waals surface area contributed by atoms with Crippen LogP contribution in [-0.4, -0.2) is 38.8 Å². The number of benzene rings is 1. The van der Waals surface area contributed by atoms with Crippen LogP contribution < -0.4 is 0 Å².